The molecule has 1 aromatic heterocycles. The lowest BCUT2D eigenvalue weighted by atomic mass is 10.2. The largest absolute Gasteiger partial charge is 0.346 e. The Kier molecular flexibility index (Phi) is 0.887. The van der Waals surface area contributed by atoms with Crippen LogP contribution in [-0.4, -0.2) is 16.5 Å². The second kappa shape index (κ2) is 1.70. The first kappa shape index (κ1) is 5.22. The molecule has 10 heavy (non-hydrogen) atoms. The zero-order valence-electron chi connectivity index (χ0n) is 5.26. The molecule has 1 aliphatic heterocycles. The second-order valence-electron chi connectivity index (χ2n) is 2.01. The molecule has 0 fully saturated rings. The minimum absolute atomic E-state index is 0.767. The molecule has 0 spiro atoms. The molecule has 1 aliphatic rings. The zero-order chi connectivity index (χ0) is 6.97. The van der Waals surface area contributed by atoms with E-state index in [9.17, 15) is 0 Å². The van der Waals surface area contributed by atoms with E-state index < -0.39 is 0 Å². The van der Waals surface area contributed by atoms with E-state index in [1.807, 2.05) is 0 Å². The van der Waals surface area contributed by atoms with Crippen LogP contribution in [0.25, 0.3) is 5.70 Å². The van der Waals surface area contributed by atoms with E-state index in [1.165, 1.54) is 0 Å². The van der Waals surface area contributed by atoms with Gasteiger partial charge in [-0.1, -0.05) is 6.58 Å². The number of H-pyrrole nitrogens is 1. The highest BCUT2D eigenvalue weighted by atomic mass is 15.2. The quantitative estimate of drug-likeness (QED) is 0.547. The molecule has 0 aromatic carbocycles. The Bertz CT molecular complexity index is 296. The van der Waals surface area contributed by atoms with Crippen molar-refractivity contribution < 1.29 is 0 Å². The topological polar surface area (TPSA) is 53.1 Å². The first-order chi connectivity index (χ1) is 4.88. The normalized spacial score (nSPS) is 14.6. The van der Waals surface area contributed by atoms with E-state index in [1.54, 1.807) is 12.5 Å². The van der Waals surface area contributed by atoms with Crippen molar-refractivity contribution >= 4 is 17.9 Å². The van der Waals surface area contributed by atoms with E-state index in [4.69, 9.17) is 0 Å². The number of rotatable bonds is 0. The molecule has 0 atom stereocenters. The molecule has 0 bridgehead atoms. The van der Waals surface area contributed by atoms with Crippen LogP contribution < -0.4 is 5.32 Å². The Balaban J connectivity index is 2.62. The molecule has 0 aliphatic carbocycles. The van der Waals surface area contributed by atoms with Gasteiger partial charge in [-0.3, -0.25) is 5.10 Å². The maximum atomic E-state index is 3.99. The summed E-state index contributed by atoms with van der Waals surface area (Å²) < 4.78 is 0. The Labute approximate surface area is 57.7 Å². The fraction of sp³-hybridized carbons (Fsp3) is 0. The zero-order valence-corrected chi connectivity index (χ0v) is 5.26. The van der Waals surface area contributed by atoms with Crippen LogP contribution in [0.3, 0.4) is 0 Å². The smallest absolute Gasteiger partial charge is 0.158 e. The summed E-state index contributed by atoms with van der Waals surface area (Å²) in [6.07, 6.45) is 3.28. The predicted octanol–water partition coefficient (Wildman–Crippen LogP) is 0.643. The van der Waals surface area contributed by atoms with Gasteiger partial charge in [0.1, 0.15) is 0 Å². The van der Waals surface area contributed by atoms with Crippen LogP contribution in [0.15, 0.2) is 17.8 Å². The number of aromatic amines is 1. The standard InChI is InChI=1S/C6H6N4/c1-4-5-2-9-10-6(5)8-3-7-4/h2-3H,1H2,(H2,7,8,9,10). The molecule has 4 heteroatoms. The van der Waals surface area contributed by atoms with Crippen LogP contribution in [0.1, 0.15) is 5.56 Å². The summed E-state index contributed by atoms with van der Waals surface area (Å²) in [5, 5.41) is 9.43. The van der Waals surface area contributed by atoms with E-state index >= 15 is 0 Å². The van der Waals surface area contributed by atoms with E-state index in [2.05, 4.69) is 27.1 Å². The lowest BCUT2D eigenvalue weighted by Crippen LogP contribution is -2.10. The molecule has 50 valence electrons. The van der Waals surface area contributed by atoms with Crippen LogP contribution in [0.2, 0.25) is 0 Å². The summed E-state index contributed by atoms with van der Waals surface area (Å²) in [5.41, 5.74) is 1.77. The van der Waals surface area contributed by atoms with Gasteiger partial charge in [-0.2, -0.15) is 5.10 Å². The van der Waals surface area contributed by atoms with E-state index in [-0.39, 0.29) is 0 Å². The fourth-order valence-corrected chi connectivity index (χ4v) is 0.851. The third-order valence-corrected chi connectivity index (χ3v) is 1.38. The lowest BCUT2D eigenvalue weighted by molar-refractivity contribution is 1.08. The molecule has 4 nitrogen and oxygen atoms in total. The number of hydrogen-bond acceptors (Lipinski definition) is 3. The van der Waals surface area contributed by atoms with Crippen molar-refractivity contribution in [1.82, 2.24) is 15.5 Å². The molecule has 0 radical (unpaired) electrons. The SMILES string of the molecule is C=C1NC=Nc2[nH]ncc21. The van der Waals surface area contributed by atoms with Crippen molar-refractivity contribution in [2.24, 2.45) is 4.99 Å². The molecule has 1 aromatic rings. The molecular formula is C6H6N4. The van der Waals surface area contributed by atoms with Gasteiger partial charge in [-0.25, -0.2) is 4.99 Å². The summed E-state index contributed by atoms with van der Waals surface area (Å²) in [7, 11) is 0. The number of aliphatic imine (C=N–C) groups is 1. The molecule has 2 N–H and O–H groups in total. The van der Waals surface area contributed by atoms with Crippen molar-refractivity contribution in [2.75, 3.05) is 0 Å². The third kappa shape index (κ3) is 0.556. The Morgan fingerprint density at radius 1 is 1.50 bits per heavy atom. The summed E-state index contributed by atoms with van der Waals surface area (Å²) in [4.78, 5) is 3.99. The summed E-state index contributed by atoms with van der Waals surface area (Å²) in [6, 6.07) is 0. The van der Waals surface area contributed by atoms with Gasteiger partial charge in [0.25, 0.3) is 0 Å². The van der Waals surface area contributed by atoms with Crippen molar-refractivity contribution in [1.29, 1.82) is 0 Å². The molecule has 0 saturated heterocycles. The van der Waals surface area contributed by atoms with Gasteiger partial charge >= 0.3 is 0 Å². The van der Waals surface area contributed by atoms with Crippen molar-refractivity contribution in [2.45, 2.75) is 0 Å². The van der Waals surface area contributed by atoms with Gasteiger partial charge in [0.15, 0.2) is 5.82 Å². The van der Waals surface area contributed by atoms with Crippen LogP contribution in [0.4, 0.5) is 5.82 Å². The number of hydrogen-bond donors (Lipinski definition) is 2. The van der Waals surface area contributed by atoms with Crippen molar-refractivity contribution in [3.05, 3.63) is 18.3 Å². The number of nitrogens with one attached hydrogen (secondary N) is 2. The Morgan fingerprint density at radius 2 is 2.40 bits per heavy atom. The summed E-state index contributed by atoms with van der Waals surface area (Å²) in [6.45, 7) is 3.77. The minimum Gasteiger partial charge on any atom is -0.346 e. The Morgan fingerprint density at radius 3 is 3.20 bits per heavy atom. The fourth-order valence-electron chi connectivity index (χ4n) is 0.851. The monoisotopic (exact) mass is 134 g/mol. The van der Waals surface area contributed by atoms with Crippen LogP contribution >= 0.6 is 0 Å². The third-order valence-electron chi connectivity index (χ3n) is 1.38. The first-order valence-corrected chi connectivity index (χ1v) is 2.89. The molecule has 0 amide bonds. The molecule has 0 saturated carbocycles. The average molecular weight is 134 g/mol. The van der Waals surface area contributed by atoms with E-state index in [0.29, 0.717) is 0 Å². The predicted molar refractivity (Wildman–Crippen MR) is 38.9 cm³/mol. The maximum Gasteiger partial charge on any atom is 0.158 e. The lowest BCUT2D eigenvalue weighted by Gasteiger charge is -2.06. The van der Waals surface area contributed by atoms with Gasteiger partial charge in [0.05, 0.1) is 18.1 Å². The molecule has 2 rings (SSSR count). The minimum atomic E-state index is 0.767. The molecular weight excluding hydrogens is 128 g/mol. The average Bonchev–Trinajstić information content (AvgIpc) is 2.36. The Hall–Kier alpha value is -1.58. The van der Waals surface area contributed by atoms with Crippen LogP contribution in [0.5, 0.6) is 0 Å². The number of fused-ring (bicyclic) bond motifs is 1. The van der Waals surface area contributed by atoms with Crippen LogP contribution in [-0.2, 0) is 0 Å². The second-order valence-corrected chi connectivity index (χ2v) is 2.01. The highest BCUT2D eigenvalue weighted by Crippen LogP contribution is 2.22. The van der Waals surface area contributed by atoms with Gasteiger partial charge in [-0.15, -0.1) is 0 Å². The highest BCUT2D eigenvalue weighted by molar-refractivity contribution is 5.84. The van der Waals surface area contributed by atoms with Crippen molar-refractivity contribution in [3.63, 3.8) is 0 Å². The number of aromatic nitrogens is 2. The van der Waals surface area contributed by atoms with Gasteiger partial charge in [-0.05, 0) is 0 Å². The van der Waals surface area contributed by atoms with Crippen LogP contribution in [0, 0.1) is 0 Å². The molecule has 2 heterocycles. The van der Waals surface area contributed by atoms with Gasteiger partial charge < -0.3 is 5.32 Å². The van der Waals surface area contributed by atoms with E-state index in [0.717, 1.165) is 17.1 Å². The highest BCUT2D eigenvalue weighted by Gasteiger charge is 2.09. The molecule has 0 unspecified atom stereocenters. The maximum absolute atomic E-state index is 3.99. The van der Waals surface area contributed by atoms with Gasteiger partial charge in [0.2, 0.25) is 0 Å². The van der Waals surface area contributed by atoms with Crippen molar-refractivity contribution in [3.8, 4) is 0 Å². The summed E-state index contributed by atoms with van der Waals surface area (Å²) in [5.74, 6) is 0.767. The van der Waals surface area contributed by atoms with Gasteiger partial charge in [0, 0.05) is 5.70 Å². The first-order valence-electron chi connectivity index (χ1n) is 2.89. The summed E-state index contributed by atoms with van der Waals surface area (Å²) >= 11 is 0. The number of nitrogens with zero attached hydrogens (tertiary/aromatic N) is 2.